The minimum Gasteiger partial charge on any atom is -0.468 e. The first-order valence-corrected chi connectivity index (χ1v) is 10.8. The fraction of sp³-hybridized carbons (Fsp3) is 0.476. The largest absolute Gasteiger partial charge is 0.468 e. The van der Waals surface area contributed by atoms with Crippen molar-refractivity contribution in [2.24, 2.45) is 0 Å². The average Bonchev–Trinajstić information content (AvgIpc) is 3.32. The number of furan rings is 1. The van der Waals surface area contributed by atoms with Gasteiger partial charge in [-0.25, -0.2) is 4.98 Å². The molecule has 0 aromatic carbocycles. The number of amides is 1. The Balaban J connectivity index is 1.62. The Labute approximate surface area is 174 Å². The molecule has 0 spiro atoms. The van der Waals surface area contributed by atoms with E-state index in [4.69, 9.17) is 4.42 Å². The molecule has 0 aliphatic heterocycles. The van der Waals surface area contributed by atoms with Crippen LogP contribution in [0.25, 0.3) is 10.2 Å². The average molecular weight is 417 g/mol. The number of carbonyl (C=O) groups is 1. The van der Waals surface area contributed by atoms with Crippen molar-refractivity contribution in [2.45, 2.75) is 46.6 Å². The van der Waals surface area contributed by atoms with Crippen molar-refractivity contribution in [3.05, 3.63) is 50.8 Å². The van der Waals surface area contributed by atoms with Crippen molar-refractivity contribution < 1.29 is 9.21 Å². The number of carbonyl (C=O) groups excluding carboxylic acids is 1. The van der Waals surface area contributed by atoms with E-state index in [2.05, 4.69) is 34.0 Å². The normalized spacial score (nSPS) is 12.6. The number of rotatable bonds is 9. The molecule has 0 bridgehead atoms. The summed E-state index contributed by atoms with van der Waals surface area (Å²) in [5, 5.41) is 3.65. The molecule has 7 nitrogen and oxygen atoms in total. The molecule has 156 valence electrons. The number of hydrogen-bond acceptors (Lipinski definition) is 6. The highest BCUT2D eigenvalue weighted by Crippen LogP contribution is 2.25. The van der Waals surface area contributed by atoms with Crippen molar-refractivity contribution in [1.29, 1.82) is 0 Å². The SMILES string of the molecule is CCN(CC)C(CNC(=O)CCc1nc2sc(C)c(C)c2c(=O)[nH]1)c1ccco1. The summed E-state index contributed by atoms with van der Waals surface area (Å²) in [5.74, 6) is 1.31. The molecule has 3 aromatic heterocycles. The molecule has 3 aromatic rings. The van der Waals surface area contributed by atoms with Crippen LogP contribution < -0.4 is 10.9 Å². The van der Waals surface area contributed by atoms with Crippen LogP contribution in [0.4, 0.5) is 0 Å². The first-order valence-electron chi connectivity index (χ1n) is 9.97. The Morgan fingerprint density at radius 3 is 2.76 bits per heavy atom. The summed E-state index contributed by atoms with van der Waals surface area (Å²) in [5.41, 5.74) is 0.843. The van der Waals surface area contributed by atoms with Crippen LogP contribution in [-0.2, 0) is 11.2 Å². The number of aryl methyl sites for hydroxylation is 3. The van der Waals surface area contributed by atoms with E-state index in [1.807, 2.05) is 26.0 Å². The molecule has 3 rings (SSSR count). The molecule has 0 aliphatic carbocycles. The number of nitrogens with zero attached hydrogens (tertiary/aromatic N) is 2. The second-order valence-electron chi connectivity index (χ2n) is 7.03. The van der Waals surface area contributed by atoms with Crippen molar-refractivity contribution in [3.63, 3.8) is 0 Å². The summed E-state index contributed by atoms with van der Waals surface area (Å²) in [6, 6.07) is 3.79. The Hall–Kier alpha value is -2.45. The molecule has 2 N–H and O–H groups in total. The van der Waals surface area contributed by atoms with E-state index in [0.717, 1.165) is 34.1 Å². The molecule has 1 amide bonds. The molecule has 0 saturated heterocycles. The molecular weight excluding hydrogens is 388 g/mol. The zero-order valence-electron chi connectivity index (χ0n) is 17.4. The highest BCUT2D eigenvalue weighted by Gasteiger charge is 2.21. The maximum absolute atomic E-state index is 12.4. The first-order chi connectivity index (χ1) is 13.9. The highest BCUT2D eigenvalue weighted by molar-refractivity contribution is 7.18. The number of nitrogens with one attached hydrogen (secondary N) is 2. The van der Waals surface area contributed by atoms with E-state index in [0.29, 0.717) is 24.2 Å². The van der Waals surface area contributed by atoms with Gasteiger partial charge in [-0.2, -0.15) is 0 Å². The summed E-state index contributed by atoms with van der Waals surface area (Å²) in [6.07, 6.45) is 2.31. The Morgan fingerprint density at radius 1 is 1.34 bits per heavy atom. The van der Waals surface area contributed by atoms with Crippen LogP contribution in [0, 0.1) is 13.8 Å². The van der Waals surface area contributed by atoms with Gasteiger partial charge in [0.15, 0.2) is 0 Å². The van der Waals surface area contributed by atoms with Gasteiger partial charge in [-0.1, -0.05) is 13.8 Å². The van der Waals surface area contributed by atoms with Gasteiger partial charge < -0.3 is 14.7 Å². The summed E-state index contributed by atoms with van der Waals surface area (Å²) in [4.78, 5) is 36.2. The quantitative estimate of drug-likeness (QED) is 0.558. The lowest BCUT2D eigenvalue weighted by Gasteiger charge is -2.28. The van der Waals surface area contributed by atoms with Crippen LogP contribution >= 0.6 is 11.3 Å². The van der Waals surface area contributed by atoms with Gasteiger partial charge >= 0.3 is 0 Å². The number of H-pyrrole nitrogens is 1. The van der Waals surface area contributed by atoms with Crippen LogP contribution in [0.2, 0.25) is 0 Å². The number of aromatic amines is 1. The zero-order valence-corrected chi connectivity index (χ0v) is 18.2. The second-order valence-corrected chi connectivity index (χ2v) is 8.24. The molecule has 1 unspecified atom stereocenters. The second kappa shape index (κ2) is 9.37. The summed E-state index contributed by atoms with van der Waals surface area (Å²) in [7, 11) is 0. The smallest absolute Gasteiger partial charge is 0.259 e. The van der Waals surface area contributed by atoms with Crippen molar-refractivity contribution in [1.82, 2.24) is 20.2 Å². The lowest BCUT2D eigenvalue weighted by molar-refractivity contribution is -0.121. The standard InChI is InChI=1S/C21H28N4O3S/c1-5-25(6-2)15(16-8-7-11-28-16)12-22-18(26)10-9-17-23-20(27)19-13(3)14(4)29-21(19)24-17/h7-8,11,15H,5-6,9-10,12H2,1-4H3,(H,22,26)(H,23,24,27). The fourth-order valence-corrected chi connectivity index (χ4v) is 4.55. The van der Waals surface area contributed by atoms with Crippen molar-refractivity contribution >= 4 is 27.5 Å². The Bertz CT molecular complexity index is 1020. The number of aromatic nitrogens is 2. The zero-order chi connectivity index (χ0) is 21.0. The van der Waals surface area contributed by atoms with E-state index >= 15 is 0 Å². The monoisotopic (exact) mass is 416 g/mol. The third-order valence-electron chi connectivity index (χ3n) is 5.29. The predicted molar refractivity (Wildman–Crippen MR) is 115 cm³/mol. The molecule has 0 fully saturated rings. The molecule has 3 heterocycles. The van der Waals surface area contributed by atoms with Gasteiger partial charge in [0.25, 0.3) is 5.56 Å². The molecule has 0 radical (unpaired) electrons. The fourth-order valence-electron chi connectivity index (χ4n) is 3.50. The lowest BCUT2D eigenvalue weighted by Crippen LogP contribution is -2.38. The molecule has 8 heteroatoms. The summed E-state index contributed by atoms with van der Waals surface area (Å²) >= 11 is 1.51. The number of thiophene rings is 1. The van der Waals surface area contributed by atoms with Crippen LogP contribution in [0.3, 0.4) is 0 Å². The maximum atomic E-state index is 12.4. The molecule has 0 aliphatic rings. The molecular formula is C21H28N4O3S. The molecule has 29 heavy (non-hydrogen) atoms. The van der Waals surface area contributed by atoms with Crippen molar-refractivity contribution in [2.75, 3.05) is 19.6 Å². The van der Waals surface area contributed by atoms with Gasteiger partial charge in [-0.3, -0.25) is 14.5 Å². The van der Waals surface area contributed by atoms with Gasteiger partial charge in [-0.15, -0.1) is 11.3 Å². The van der Waals surface area contributed by atoms with E-state index in [1.54, 1.807) is 6.26 Å². The van der Waals surface area contributed by atoms with Gasteiger partial charge in [0.2, 0.25) is 5.91 Å². The van der Waals surface area contributed by atoms with Gasteiger partial charge in [0, 0.05) is 24.3 Å². The van der Waals surface area contributed by atoms with Crippen LogP contribution in [0.1, 0.15) is 48.3 Å². The van der Waals surface area contributed by atoms with Gasteiger partial charge in [0.1, 0.15) is 16.4 Å². The van der Waals surface area contributed by atoms with Gasteiger partial charge in [-0.05, 0) is 44.6 Å². The van der Waals surface area contributed by atoms with Crippen LogP contribution in [0.5, 0.6) is 0 Å². The third kappa shape index (κ3) is 4.76. The summed E-state index contributed by atoms with van der Waals surface area (Å²) in [6.45, 7) is 10.3. The Morgan fingerprint density at radius 2 is 2.10 bits per heavy atom. The topological polar surface area (TPSA) is 91.2 Å². The first kappa shape index (κ1) is 21.3. The predicted octanol–water partition coefficient (Wildman–Crippen LogP) is 3.33. The van der Waals surface area contributed by atoms with E-state index in [9.17, 15) is 9.59 Å². The Kier molecular flexibility index (Phi) is 6.87. The number of fused-ring (bicyclic) bond motifs is 1. The maximum Gasteiger partial charge on any atom is 0.259 e. The minimum absolute atomic E-state index is 0.00435. The van der Waals surface area contributed by atoms with E-state index < -0.39 is 0 Å². The van der Waals surface area contributed by atoms with E-state index in [1.165, 1.54) is 11.3 Å². The molecule has 1 atom stereocenters. The molecule has 0 saturated carbocycles. The third-order valence-corrected chi connectivity index (χ3v) is 6.40. The van der Waals surface area contributed by atoms with Crippen LogP contribution in [0.15, 0.2) is 27.6 Å². The highest BCUT2D eigenvalue weighted by atomic mass is 32.1. The minimum atomic E-state index is -0.133. The van der Waals surface area contributed by atoms with Gasteiger partial charge in [0.05, 0.1) is 17.7 Å². The summed E-state index contributed by atoms with van der Waals surface area (Å²) < 4.78 is 5.57. The van der Waals surface area contributed by atoms with E-state index in [-0.39, 0.29) is 23.9 Å². The number of likely N-dealkylation sites (N-methyl/N-ethyl adjacent to an activating group) is 1. The lowest BCUT2D eigenvalue weighted by atomic mass is 10.1. The number of hydrogen-bond donors (Lipinski definition) is 2. The van der Waals surface area contributed by atoms with Crippen molar-refractivity contribution in [3.8, 4) is 0 Å². The van der Waals surface area contributed by atoms with Crippen LogP contribution in [-0.4, -0.2) is 40.4 Å².